The third-order valence-corrected chi connectivity index (χ3v) is 4.01. The first-order valence-electron chi connectivity index (χ1n) is 8.78. The van der Waals surface area contributed by atoms with Gasteiger partial charge in [-0.25, -0.2) is 4.79 Å². The summed E-state index contributed by atoms with van der Waals surface area (Å²) in [5.41, 5.74) is -0.659. The highest BCUT2D eigenvalue weighted by atomic mass is 16.6. The summed E-state index contributed by atoms with van der Waals surface area (Å²) in [7, 11) is 1.66. The molecule has 1 fully saturated rings. The number of carbonyl (C=O) groups is 2. The monoisotopic (exact) mass is 364 g/mol. The van der Waals surface area contributed by atoms with Crippen molar-refractivity contribution in [2.45, 2.75) is 44.9 Å². The van der Waals surface area contributed by atoms with Gasteiger partial charge in [-0.05, 0) is 32.9 Å². The third-order valence-electron chi connectivity index (χ3n) is 4.01. The van der Waals surface area contributed by atoms with E-state index in [1.54, 1.807) is 27.8 Å². The quantitative estimate of drug-likeness (QED) is 0.863. The Bertz CT molecular complexity index is 614. The predicted octanol–water partition coefficient (Wildman–Crippen LogP) is 1.89. The van der Waals surface area contributed by atoms with Crippen molar-refractivity contribution in [3.63, 3.8) is 0 Å². The Balaban J connectivity index is 1.91. The van der Waals surface area contributed by atoms with E-state index in [0.29, 0.717) is 13.2 Å². The predicted molar refractivity (Wildman–Crippen MR) is 96.9 cm³/mol. The first-order valence-corrected chi connectivity index (χ1v) is 8.78. The highest BCUT2D eigenvalue weighted by Crippen LogP contribution is 2.22. The van der Waals surface area contributed by atoms with Gasteiger partial charge in [-0.15, -0.1) is 0 Å². The Kier molecular flexibility index (Phi) is 6.47. The van der Waals surface area contributed by atoms with Crippen molar-refractivity contribution in [1.29, 1.82) is 0 Å². The van der Waals surface area contributed by atoms with E-state index in [2.05, 4.69) is 0 Å². The molecule has 1 aromatic carbocycles. The molecule has 1 aromatic rings. The van der Waals surface area contributed by atoms with Gasteiger partial charge in [-0.1, -0.05) is 18.2 Å². The number of aliphatic hydroxyl groups excluding tert-OH is 1. The van der Waals surface area contributed by atoms with Crippen LogP contribution in [0.4, 0.5) is 4.79 Å². The van der Waals surface area contributed by atoms with Gasteiger partial charge < -0.3 is 19.5 Å². The zero-order chi connectivity index (χ0) is 19.3. The highest BCUT2D eigenvalue weighted by molar-refractivity contribution is 5.86. The summed E-state index contributed by atoms with van der Waals surface area (Å²) in [6.07, 6.45) is -1.10. The van der Waals surface area contributed by atoms with Gasteiger partial charge in [0.1, 0.15) is 24.0 Å². The SMILES string of the molecule is CN(CCOc1ccccc1)C(=O)[C@H]1C[C@H](O)CN1C(=O)OC(C)(C)C. The number of β-amino-alcohol motifs (C(OH)–C–C–N with tert-alkyl or cyclic N) is 1. The number of benzene rings is 1. The van der Waals surface area contributed by atoms with Crippen LogP contribution in [0.5, 0.6) is 5.75 Å². The van der Waals surface area contributed by atoms with Gasteiger partial charge in [0.25, 0.3) is 0 Å². The minimum absolute atomic E-state index is 0.0969. The van der Waals surface area contributed by atoms with E-state index < -0.39 is 23.8 Å². The van der Waals surface area contributed by atoms with Gasteiger partial charge in [0.2, 0.25) is 5.91 Å². The molecular weight excluding hydrogens is 336 g/mol. The minimum Gasteiger partial charge on any atom is -0.492 e. The maximum absolute atomic E-state index is 12.7. The number of rotatable bonds is 5. The number of nitrogens with zero attached hydrogens (tertiary/aromatic N) is 2. The average Bonchev–Trinajstić information content (AvgIpc) is 2.95. The lowest BCUT2D eigenvalue weighted by atomic mass is 10.1. The molecule has 0 aromatic heterocycles. The summed E-state index contributed by atoms with van der Waals surface area (Å²) >= 11 is 0. The van der Waals surface area contributed by atoms with Crippen molar-refractivity contribution in [3.05, 3.63) is 30.3 Å². The lowest BCUT2D eigenvalue weighted by Gasteiger charge is -2.30. The molecule has 1 aliphatic heterocycles. The highest BCUT2D eigenvalue weighted by Gasteiger charge is 2.41. The first-order chi connectivity index (χ1) is 12.2. The van der Waals surface area contributed by atoms with Crippen LogP contribution < -0.4 is 4.74 Å². The Morgan fingerprint density at radius 1 is 1.27 bits per heavy atom. The number of likely N-dealkylation sites (N-methyl/N-ethyl adjacent to an activating group) is 1. The molecular formula is C19H28N2O5. The van der Waals surface area contributed by atoms with Crippen molar-refractivity contribution >= 4 is 12.0 Å². The molecule has 0 unspecified atom stereocenters. The third kappa shape index (κ3) is 5.62. The number of carbonyl (C=O) groups excluding carboxylic acids is 2. The molecule has 1 N–H and O–H groups in total. The summed E-state index contributed by atoms with van der Waals surface area (Å²) in [6, 6.07) is 8.63. The van der Waals surface area contributed by atoms with E-state index in [1.807, 2.05) is 30.3 Å². The normalized spacial score (nSPS) is 20.0. The van der Waals surface area contributed by atoms with E-state index in [4.69, 9.17) is 9.47 Å². The zero-order valence-corrected chi connectivity index (χ0v) is 15.8. The maximum Gasteiger partial charge on any atom is 0.411 e. The molecule has 26 heavy (non-hydrogen) atoms. The fourth-order valence-corrected chi connectivity index (χ4v) is 2.75. The number of para-hydroxylation sites is 1. The van der Waals surface area contributed by atoms with E-state index in [9.17, 15) is 14.7 Å². The standard InChI is InChI=1S/C19H28N2O5/c1-19(2,3)26-18(24)21-13-14(22)12-16(21)17(23)20(4)10-11-25-15-8-6-5-7-9-15/h5-9,14,16,22H,10-13H2,1-4H3/t14-,16+/m0/s1. The van der Waals surface area contributed by atoms with E-state index in [0.717, 1.165) is 5.75 Å². The molecule has 0 saturated carbocycles. The molecule has 0 bridgehead atoms. The van der Waals surface area contributed by atoms with Crippen LogP contribution in [0.25, 0.3) is 0 Å². The Labute approximate surface area is 154 Å². The number of aliphatic hydroxyl groups is 1. The molecule has 0 radical (unpaired) electrons. The average molecular weight is 364 g/mol. The van der Waals surface area contributed by atoms with Gasteiger partial charge in [0, 0.05) is 13.5 Å². The van der Waals surface area contributed by atoms with Gasteiger partial charge in [0.15, 0.2) is 0 Å². The van der Waals surface area contributed by atoms with Gasteiger partial charge in [0.05, 0.1) is 19.2 Å². The van der Waals surface area contributed by atoms with Crippen LogP contribution in [0.3, 0.4) is 0 Å². The maximum atomic E-state index is 12.7. The van der Waals surface area contributed by atoms with E-state index in [1.165, 1.54) is 9.80 Å². The van der Waals surface area contributed by atoms with Crippen LogP contribution >= 0.6 is 0 Å². The Hall–Kier alpha value is -2.28. The second-order valence-electron chi connectivity index (χ2n) is 7.46. The molecule has 0 aliphatic carbocycles. The van der Waals surface area contributed by atoms with Crippen LogP contribution in [0.1, 0.15) is 27.2 Å². The van der Waals surface area contributed by atoms with Crippen molar-refractivity contribution in [1.82, 2.24) is 9.80 Å². The van der Waals surface area contributed by atoms with Gasteiger partial charge in [-0.3, -0.25) is 9.69 Å². The molecule has 1 aliphatic rings. The molecule has 2 rings (SSSR count). The number of likely N-dealkylation sites (tertiary alicyclic amines) is 1. The summed E-state index contributed by atoms with van der Waals surface area (Å²) in [5, 5.41) is 9.93. The van der Waals surface area contributed by atoms with Crippen molar-refractivity contribution < 1.29 is 24.2 Å². The van der Waals surface area contributed by atoms with Gasteiger partial charge >= 0.3 is 6.09 Å². The molecule has 144 valence electrons. The van der Waals surface area contributed by atoms with Crippen molar-refractivity contribution in [2.24, 2.45) is 0 Å². The topological polar surface area (TPSA) is 79.3 Å². The molecule has 2 amide bonds. The summed E-state index contributed by atoms with van der Waals surface area (Å²) in [6.45, 7) is 6.11. The fraction of sp³-hybridized carbons (Fsp3) is 0.579. The largest absolute Gasteiger partial charge is 0.492 e. The lowest BCUT2D eigenvalue weighted by molar-refractivity contribution is -0.135. The molecule has 1 saturated heterocycles. The fourth-order valence-electron chi connectivity index (χ4n) is 2.75. The lowest BCUT2D eigenvalue weighted by Crippen LogP contribution is -2.48. The minimum atomic E-state index is -0.731. The molecule has 7 nitrogen and oxygen atoms in total. The summed E-state index contributed by atoms with van der Waals surface area (Å²) in [5.74, 6) is 0.504. The van der Waals surface area contributed by atoms with Crippen LogP contribution in [-0.4, -0.2) is 71.4 Å². The van der Waals surface area contributed by atoms with Crippen LogP contribution in [0.2, 0.25) is 0 Å². The van der Waals surface area contributed by atoms with Crippen LogP contribution in [0, 0.1) is 0 Å². The molecule has 0 spiro atoms. The second-order valence-corrected chi connectivity index (χ2v) is 7.46. The number of hydrogen-bond acceptors (Lipinski definition) is 5. The van der Waals surface area contributed by atoms with Crippen LogP contribution in [0.15, 0.2) is 30.3 Å². The number of hydrogen-bond donors (Lipinski definition) is 1. The van der Waals surface area contributed by atoms with Crippen molar-refractivity contribution in [3.8, 4) is 5.75 Å². The number of ether oxygens (including phenoxy) is 2. The number of amides is 2. The Morgan fingerprint density at radius 2 is 1.92 bits per heavy atom. The second kappa shape index (κ2) is 8.40. The van der Waals surface area contributed by atoms with Gasteiger partial charge in [-0.2, -0.15) is 0 Å². The first kappa shape index (κ1) is 20.0. The molecule has 7 heteroatoms. The summed E-state index contributed by atoms with van der Waals surface area (Å²) in [4.78, 5) is 27.9. The van der Waals surface area contributed by atoms with Crippen molar-refractivity contribution in [2.75, 3.05) is 26.7 Å². The van der Waals surface area contributed by atoms with Crippen LogP contribution in [-0.2, 0) is 9.53 Å². The van der Waals surface area contributed by atoms with E-state index in [-0.39, 0.29) is 18.9 Å². The van der Waals surface area contributed by atoms with E-state index >= 15 is 0 Å². The zero-order valence-electron chi connectivity index (χ0n) is 15.8. The summed E-state index contributed by atoms with van der Waals surface area (Å²) < 4.78 is 11.0. The molecule has 2 atom stereocenters. The molecule has 1 heterocycles. The Morgan fingerprint density at radius 3 is 2.54 bits per heavy atom. The smallest absolute Gasteiger partial charge is 0.411 e.